The van der Waals surface area contributed by atoms with Gasteiger partial charge < -0.3 is 5.11 Å². The Morgan fingerprint density at radius 1 is 1.53 bits per heavy atom. The van der Waals surface area contributed by atoms with E-state index in [4.69, 9.17) is 0 Å². The van der Waals surface area contributed by atoms with Crippen LogP contribution in [0.2, 0.25) is 0 Å². The first-order valence-electron chi connectivity index (χ1n) is 6.31. The van der Waals surface area contributed by atoms with Crippen molar-refractivity contribution in [3.05, 3.63) is 35.6 Å². The third-order valence-corrected chi connectivity index (χ3v) is 3.39. The van der Waals surface area contributed by atoms with E-state index in [0.29, 0.717) is 6.04 Å². The molecule has 94 valence electrons. The summed E-state index contributed by atoms with van der Waals surface area (Å²) in [4.78, 5) is 2.35. The van der Waals surface area contributed by atoms with Gasteiger partial charge >= 0.3 is 0 Å². The topological polar surface area (TPSA) is 23.5 Å². The molecule has 17 heavy (non-hydrogen) atoms. The van der Waals surface area contributed by atoms with Crippen LogP contribution in [-0.4, -0.2) is 28.7 Å². The van der Waals surface area contributed by atoms with Gasteiger partial charge in [0.2, 0.25) is 0 Å². The van der Waals surface area contributed by atoms with Crippen LogP contribution in [0.3, 0.4) is 0 Å². The lowest BCUT2D eigenvalue weighted by Gasteiger charge is -2.25. The van der Waals surface area contributed by atoms with Gasteiger partial charge in [-0.1, -0.05) is 12.1 Å². The summed E-state index contributed by atoms with van der Waals surface area (Å²) in [6.45, 7) is 3.67. The molecule has 0 aliphatic carbocycles. The Bertz CT molecular complexity index is 367. The third-order valence-electron chi connectivity index (χ3n) is 3.39. The number of halogens is 1. The summed E-state index contributed by atoms with van der Waals surface area (Å²) < 4.78 is 13.1. The van der Waals surface area contributed by atoms with Gasteiger partial charge in [-0.2, -0.15) is 0 Å². The standard InChI is InChI=1S/C14H20FNO/c1-11(17)8-14-6-3-7-16(14)10-12-4-2-5-13(15)9-12/h2,4-5,9,11,14,17H,3,6-8,10H2,1H3. The molecular weight excluding hydrogens is 217 g/mol. The lowest BCUT2D eigenvalue weighted by atomic mass is 10.1. The van der Waals surface area contributed by atoms with Gasteiger partial charge in [0, 0.05) is 12.6 Å². The van der Waals surface area contributed by atoms with Crippen molar-refractivity contribution in [2.24, 2.45) is 0 Å². The molecule has 3 heteroatoms. The highest BCUT2D eigenvalue weighted by Gasteiger charge is 2.25. The highest BCUT2D eigenvalue weighted by Crippen LogP contribution is 2.23. The molecule has 1 heterocycles. The Balaban J connectivity index is 1.97. The number of hydrogen-bond acceptors (Lipinski definition) is 2. The van der Waals surface area contributed by atoms with Crippen molar-refractivity contribution in [3.63, 3.8) is 0 Å². The minimum Gasteiger partial charge on any atom is -0.393 e. The van der Waals surface area contributed by atoms with Crippen LogP contribution in [0.1, 0.15) is 31.7 Å². The van der Waals surface area contributed by atoms with Crippen molar-refractivity contribution >= 4 is 0 Å². The van der Waals surface area contributed by atoms with Crippen LogP contribution in [0.4, 0.5) is 4.39 Å². The zero-order chi connectivity index (χ0) is 12.3. The average Bonchev–Trinajstić information content (AvgIpc) is 2.65. The molecule has 1 saturated heterocycles. The van der Waals surface area contributed by atoms with Gasteiger partial charge in [0.1, 0.15) is 5.82 Å². The van der Waals surface area contributed by atoms with E-state index in [2.05, 4.69) is 4.90 Å². The van der Waals surface area contributed by atoms with E-state index in [0.717, 1.165) is 31.5 Å². The summed E-state index contributed by atoms with van der Waals surface area (Å²) in [5, 5.41) is 9.45. The summed E-state index contributed by atoms with van der Waals surface area (Å²) in [5.41, 5.74) is 1.02. The van der Waals surface area contributed by atoms with E-state index in [9.17, 15) is 9.50 Å². The molecule has 1 aliphatic heterocycles. The number of likely N-dealkylation sites (tertiary alicyclic amines) is 1. The Morgan fingerprint density at radius 2 is 2.35 bits per heavy atom. The average molecular weight is 237 g/mol. The summed E-state index contributed by atoms with van der Waals surface area (Å²) in [5.74, 6) is -0.172. The third kappa shape index (κ3) is 3.51. The number of nitrogens with zero attached hydrogens (tertiary/aromatic N) is 1. The predicted molar refractivity (Wildman–Crippen MR) is 66.1 cm³/mol. The van der Waals surface area contributed by atoms with Crippen molar-refractivity contribution in [1.29, 1.82) is 0 Å². The van der Waals surface area contributed by atoms with Crippen LogP contribution < -0.4 is 0 Å². The van der Waals surface area contributed by atoms with Crippen molar-refractivity contribution < 1.29 is 9.50 Å². The molecule has 0 radical (unpaired) electrons. The first-order valence-corrected chi connectivity index (χ1v) is 6.31. The lowest BCUT2D eigenvalue weighted by Crippen LogP contribution is -2.31. The zero-order valence-electron chi connectivity index (χ0n) is 10.3. The van der Waals surface area contributed by atoms with Gasteiger partial charge in [-0.25, -0.2) is 4.39 Å². The molecule has 0 saturated carbocycles. The SMILES string of the molecule is CC(O)CC1CCCN1Cc1cccc(F)c1. The molecule has 2 nitrogen and oxygen atoms in total. The van der Waals surface area contributed by atoms with Gasteiger partial charge in [-0.05, 0) is 50.4 Å². The summed E-state index contributed by atoms with van der Waals surface area (Å²) in [7, 11) is 0. The van der Waals surface area contributed by atoms with Crippen LogP contribution in [0.15, 0.2) is 24.3 Å². The zero-order valence-corrected chi connectivity index (χ0v) is 10.3. The first-order chi connectivity index (χ1) is 8.15. The minimum absolute atomic E-state index is 0.172. The second kappa shape index (κ2) is 5.61. The quantitative estimate of drug-likeness (QED) is 0.870. The van der Waals surface area contributed by atoms with Crippen LogP contribution in [-0.2, 0) is 6.54 Å². The lowest BCUT2D eigenvalue weighted by molar-refractivity contribution is 0.130. The molecule has 0 bridgehead atoms. The summed E-state index contributed by atoms with van der Waals surface area (Å²) in [6, 6.07) is 7.22. The monoisotopic (exact) mass is 237 g/mol. The van der Waals surface area contributed by atoms with Crippen molar-refractivity contribution in [2.75, 3.05) is 6.54 Å². The summed E-state index contributed by atoms with van der Waals surface area (Å²) in [6.07, 6.45) is 2.87. The molecule has 1 aromatic carbocycles. The van der Waals surface area contributed by atoms with E-state index in [-0.39, 0.29) is 11.9 Å². The Kier molecular flexibility index (Phi) is 4.13. The van der Waals surface area contributed by atoms with Crippen molar-refractivity contribution in [3.8, 4) is 0 Å². The largest absolute Gasteiger partial charge is 0.393 e. The van der Waals surface area contributed by atoms with E-state index < -0.39 is 0 Å². The predicted octanol–water partition coefficient (Wildman–Crippen LogP) is 2.56. The molecule has 0 amide bonds. The van der Waals surface area contributed by atoms with Crippen LogP contribution in [0.5, 0.6) is 0 Å². The molecule has 1 aromatic rings. The Labute approximate surface area is 102 Å². The van der Waals surface area contributed by atoms with E-state index >= 15 is 0 Å². The minimum atomic E-state index is -0.256. The molecule has 2 atom stereocenters. The fraction of sp³-hybridized carbons (Fsp3) is 0.571. The van der Waals surface area contributed by atoms with E-state index in [1.54, 1.807) is 12.1 Å². The van der Waals surface area contributed by atoms with E-state index in [1.807, 2.05) is 13.0 Å². The van der Waals surface area contributed by atoms with Gasteiger partial charge in [0.25, 0.3) is 0 Å². The van der Waals surface area contributed by atoms with E-state index in [1.165, 1.54) is 12.5 Å². The van der Waals surface area contributed by atoms with Gasteiger partial charge in [-0.15, -0.1) is 0 Å². The first kappa shape index (κ1) is 12.5. The van der Waals surface area contributed by atoms with Crippen LogP contribution in [0.25, 0.3) is 0 Å². The van der Waals surface area contributed by atoms with Crippen molar-refractivity contribution in [2.45, 2.75) is 44.9 Å². The Morgan fingerprint density at radius 3 is 3.06 bits per heavy atom. The van der Waals surface area contributed by atoms with Gasteiger partial charge in [0.15, 0.2) is 0 Å². The number of aliphatic hydroxyl groups excluding tert-OH is 1. The maximum absolute atomic E-state index is 13.1. The number of rotatable bonds is 4. The summed E-state index contributed by atoms with van der Waals surface area (Å²) >= 11 is 0. The normalized spacial score (nSPS) is 22.9. The molecule has 2 rings (SSSR count). The highest BCUT2D eigenvalue weighted by molar-refractivity contribution is 5.16. The van der Waals surface area contributed by atoms with Crippen molar-refractivity contribution in [1.82, 2.24) is 4.90 Å². The molecule has 1 aliphatic rings. The maximum Gasteiger partial charge on any atom is 0.123 e. The molecular formula is C14H20FNO. The smallest absolute Gasteiger partial charge is 0.123 e. The fourth-order valence-corrected chi connectivity index (χ4v) is 2.63. The van der Waals surface area contributed by atoms with Crippen LogP contribution in [0, 0.1) is 5.82 Å². The highest BCUT2D eigenvalue weighted by atomic mass is 19.1. The fourth-order valence-electron chi connectivity index (χ4n) is 2.63. The number of benzene rings is 1. The number of hydrogen-bond donors (Lipinski definition) is 1. The molecule has 2 unspecified atom stereocenters. The second-order valence-corrected chi connectivity index (χ2v) is 4.98. The second-order valence-electron chi connectivity index (χ2n) is 4.98. The van der Waals surface area contributed by atoms with Crippen LogP contribution >= 0.6 is 0 Å². The van der Waals surface area contributed by atoms with Gasteiger partial charge in [0.05, 0.1) is 6.10 Å². The molecule has 0 aromatic heterocycles. The maximum atomic E-state index is 13.1. The molecule has 1 fully saturated rings. The Hall–Kier alpha value is -0.930. The van der Waals surface area contributed by atoms with Gasteiger partial charge in [-0.3, -0.25) is 4.90 Å². The number of aliphatic hydroxyl groups is 1. The molecule has 0 spiro atoms. The molecule has 1 N–H and O–H groups in total.